The number of nitrogens with zero attached hydrogens (tertiary/aromatic N) is 2. The summed E-state index contributed by atoms with van der Waals surface area (Å²) < 4.78 is 29.0. The molecule has 0 aliphatic carbocycles. The van der Waals surface area contributed by atoms with Crippen molar-refractivity contribution in [2.24, 2.45) is 4.99 Å². The second kappa shape index (κ2) is 10.2. The standard InChI is InChI=1S/C17H24ClN5O2S/c1-2-19-17(21-10-13-23-11-3-4-12-23)20-8-9-22-26(24,25)16-7-5-6-15(18)14-16/h3-7,11-12,14,22H,2,8-10,13H2,1H3,(H2,19,20,21). The Bertz CT molecular complexity index is 806. The summed E-state index contributed by atoms with van der Waals surface area (Å²) in [5.74, 6) is 0.654. The van der Waals surface area contributed by atoms with Gasteiger partial charge >= 0.3 is 0 Å². The van der Waals surface area contributed by atoms with E-state index in [1.54, 1.807) is 12.1 Å². The van der Waals surface area contributed by atoms with Crippen molar-refractivity contribution in [1.29, 1.82) is 0 Å². The molecule has 2 rings (SSSR count). The summed E-state index contributed by atoms with van der Waals surface area (Å²) in [4.78, 5) is 4.52. The lowest BCUT2D eigenvalue weighted by Crippen LogP contribution is -2.39. The Morgan fingerprint density at radius 3 is 2.62 bits per heavy atom. The van der Waals surface area contributed by atoms with Gasteiger partial charge in [0.2, 0.25) is 10.0 Å². The fourth-order valence-corrected chi connectivity index (χ4v) is 3.55. The summed E-state index contributed by atoms with van der Waals surface area (Å²) in [6.07, 6.45) is 3.99. The Morgan fingerprint density at radius 1 is 1.15 bits per heavy atom. The summed E-state index contributed by atoms with van der Waals surface area (Å²) in [5, 5.41) is 6.74. The van der Waals surface area contributed by atoms with Crippen LogP contribution in [0.25, 0.3) is 0 Å². The fourth-order valence-electron chi connectivity index (χ4n) is 2.23. The minimum absolute atomic E-state index is 0.144. The SMILES string of the molecule is CCNC(=NCCNS(=O)(=O)c1cccc(Cl)c1)NCCn1cccc1. The minimum Gasteiger partial charge on any atom is -0.357 e. The molecule has 0 aliphatic rings. The van der Waals surface area contributed by atoms with Gasteiger partial charge in [-0.2, -0.15) is 0 Å². The summed E-state index contributed by atoms with van der Waals surface area (Å²) in [5.41, 5.74) is 0. The summed E-state index contributed by atoms with van der Waals surface area (Å²) in [6, 6.07) is 10.1. The van der Waals surface area contributed by atoms with Crippen LogP contribution in [-0.4, -0.2) is 45.1 Å². The lowest BCUT2D eigenvalue weighted by atomic mass is 10.4. The van der Waals surface area contributed by atoms with Gasteiger partial charge in [-0.3, -0.25) is 4.99 Å². The van der Waals surface area contributed by atoms with Crippen LogP contribution in [0.3, 0.4) is 0 Å². The zero-order valence-electron chi connectivity index (χ0n) is 14.7. The molecule has 0 bridgehead atoms. The van der Waals surface area contributed by atoms with E-state index in [0.29, 0.717) is 17.5 Å². The summed E-state index contributed by atoms with van der Waals surface area (Å²) >= 11 is 5.84. The highest BCUT2D eigenvalue weighted by atomic mass is 35.5. The first-order chi connectivity index (χ1) is 12.5. The lowest BCUT2D eigenvalue weighted by Gasteiger charge is -2.12. The van der Waals surface area contributed by atoms with Crippen LogP contribution in [0.5, 0.6) is 0 Å². The smallest absolute Gasteiger partial charge is 0.240 e. The molecule has 7 nitrogen and oxygen atoms in total. The van der Waals surface area contributed by atoms with Crippen LogP contribution in [0.2, 0.25) is 5.02 Å². The number of sulfonamides is 1. The summed E-state index contributed by atoms with van der Waals surface area (Å²) in [6.45, 7) is 4.75. The molecule has 0 saturated heterocycles. The van der Waals surface area contributed by atoms with Crippen molar-refractivity contribution in [3.05, 3.63) is 53.8 Å². The number of aliphatic imine (C=N–C) groups is 1. The molecule has 0 amide bonds. The average molecular weight is 398 g/mol. The highest BCUT2D eigenvalue weighted by molar-refractivity contribution is 7.89. The van der Waals surface area contributed by atoms with Gasteiger partial charge in [0.1, 0.15) is 0 Å². The number of guanidine groups is 1. The Kier molecular flexibility index (Phi) is 7.96. The lowest BCUT2D eigenvalue weighted by molar-refractivity contribution is 0.582. The molecule has 0 fully saturated rings. The van der Waals surface area contributed by atoms with Crippen LogP contribution in [-0.2, 0) is 16.6 Å². The second-order valence-electron chi connectivity index (χ2n) is 5.46. The highest BCUT2D eigenvalue weighted by Crippen LogP contribution is 2.14. The van der Waals surface area contributed by atoms with Gasteiger partial charge < -0.3 is 15.2 Å². The number of rotatable bonds is 9. The first kappa shape index (κ1) is 20.3. The number of benzene rings is 1. The van der Waals surface area contributed by atoms with Crippen LogP contribution in [0.1, 0.15) is 6.92 Å². The van der Waals surface area contributed by atoms with Crippen LogP contribution in [0, 0.1) is 0 Å². The third-order valence-electron chi connectivity index (χ3n) is 3.45. The number of halogens is 1. The van der Waals surface area contributed by atoms with Gasteiger partial charge in [0.25, 0.3) is 0 Å². The van der Waals surface area contributed by atoms with Gasteiger partial charge in [-0.25, -0.2) is 13.1 Å². The third-order valence-corrected chi connectivity index (χ3v) is 5.15. The molecule has 0 atom stereocenters. The number of hydrogen-bond donors (Lipinski definition) is 3. The molecule has 0 aliphatic heterocycles. The van der Waals surface area contributed by atoms with Crippen molar-refractivity contribution in [1.82, 2.24) is 19.9 Å². The molecule has 1 aromatic carbocycles. The van der Waals surface area contributed by atoms with E-state index in [9.17, 15) is 8.42 Å². The number of hydrogen-bond acceptors (Lipinski definition) is 3. The molecule has 9 heteroatoms. The zero-order chi connectivity index (χ0) is 18.8. The van der Waals surface area contributed by atoms with E-state index < -0.39 is 10.0 Å². The maximum absolute atomic E-state index is 12.2. The summed E-state index contributed by atoms with van der Waals surface area (Å²) in [7, 11) is -3.59. The van der Waals surface area contributed by atoms with Gasteiger partial charge in [-0.05, 0) is 37.3 Å². The fraction of sp³-hybridized carbons (Fsp3) is 0.353. The zero-order valence-corrected chi connectivity index (χ0v) is 16.2. The number of nitrogens with one attached hydrogen (secondary N) is 3. The molecular weight excluding hydrogens is 374 g/mol. The van der Waals surface area contributed by atoms with Gasteiger partial charge in [0.15, 0.2) is 5.96 Å². The largest absolute Gasteiger partial charge is 0.357 e. The van der Waals surface area contributed by atoms with Crippen LogP contribution >= 0.6 is 11.6 Å². The third kappa shape index (κ3) is 6.70. The second-order valence-corrected chi connectivity index (χ2v) is 7.67. The number of aromatic nitrogens is 1. The molecule has 26 heavy (non-hydrogen) atoms. The molecule has 1 aromatic heterocycles. The predicted octanol–water partition coefficient (Wildman–Crippen LogP) is 1.68. The van der Waals surface area contributed by atoms with Crippen molar-refractivity contribution in [2.75, 3.05) is 26.2 Å². The van der Waals surface area contributed by atoms with Crippen molar-refractivity contribution in [2.45, 2.75) is 18.4 Å². The Balaban J connectivity index is 1.81. The van der Waals surface area contributed by atoms with E-state index in [2.05, 4.69) is 24.9 Å². The molecule has 0 saturated carbocycles. The minimum atomic E-state index is -3.59. The van der Waals surface area contributed by atoms with E-state index in [1.165, 1.54) is 12.1 Å². The maximum Gasteiger partial charge on any atom is 0.240 e. The van der Waals surface area contributed by atoms with Crippen molar-refractivity contribution in [3.63, 3.8) is 0 Å². The maximum atomic E-state index is 12.2. The van der Waals surface area contributed by atoms with Gasteiger partial charge in [-0.1, -0.05) is 17.7 Å². The molecule has 0 radical (unpaired) electrons. The van der Waals surface area contributed by atoms with Gasteiger partial charge in [0.05, 0.1) is 11.4 Å². The Morgan fingerprint density at radius 2 is 1.92 bits per heavy atom. The van der Waals surface area contributed by atoms with E-state index in [-0.39, 0.29) is 11.4 Å². The quantitative estimate of drug-likeness (QED) is 0.341. The molecular formula is C17H24ClN5O2S. The molecule has 3 N–H and O–H groups in total. The van der Waals surface area contributed by atoms with Crippen LogP contribution in [0.4, 0.5) is 0 Å². The first-order valence-electron chi connectivity index (χ1n) is 8.39. The molecule has 0 unspecified atom stereocenters. The molecule has 0 spiro atoms. The van der Waals surface area contributed by atoms with Gasteiger partial charge in [-0.15, -0.1) is 0 Å². The van der Waals surface area contributed by atoms with E-state index in [0.717, 1.165) is 19.6 Å². The van der Waals surface area contributed by atoms with Crippen LogP contribution in [0.15, 0.2) is 58.7 Å². The Labute approximate surface area is 159 Å². The van der Waals surface area contributed by atoms with Crippen molar-refractivity contribution >= 4 is 27.6 Å². The van der Waals surface area contributed by atoms with Gasteiger partial charge in [0, 0.05) is 43.6 Å². The van der Waals surface area contributed by atoms with Crippen molar-refractivity contribution in [3.8, 4) is 0 Å². The van der Waals surface area contributed by atoms with E-state index >= 15 is 0 Å². The van der Waals surface area contributed by atoms with Crippen molar-refractivity contribution < 1.29 is 8.42 Å². The molecule has 2 aromatic rings. The molecule has 142 valence electrons. The average Bonchev–Trinajstić information content (AvgIpc) is 3.12. The first-order valence-corrected chi connectivity index (χ1v) is 10.3. The molecule has 1 heterocycles. The topological polar surface area (TPSA) is 87.5 Å². The predicted molar refractivity (Wildman–Crippen MR) is 105 cm³/mol. The monoisotopic (exact) mass is 397 g/mol. The normalized spacial score (nSPS) is 12.2. The van der Waals surface area contributed by atoms with Crippen LogP contribution < -0.4 is 15.4 Å². The van der Waals surface area contributed by atoms with E-state index in [4.69, 9.17) is 11.6 Å². The van der Waals surface area contributed by atoms with E-state index in [1.807, 2.05) is 31.5 Å². The highest BCUT2D eigenvalue weighted by Gasteiger charge is 2.13. The Hall–Kier alpha value is -2.03.